The van der Waals surface area contributed by atoms with Gasteiger partial charge < -0.3 is 9.73 Å². The number of aromatic nitrogens is 1. The third-order valence-electron chi connectivity index (χ3n) is 3.85. The van der Waals surface area contributed by atoms with E-state index in [9.17, 15) is 24.1 Å². The maximum atomic E-state index is 13.6. The molecule has 140 valence electrons. The zero-order chi connectivity index (χ0) is 19.6. The van der Waals surface area contributed by atoms with Crippen molar-refractivity contribution in [2.24, 2.45) is 0 Å². The van der Waals surface area contributed by atoms with E-state index in [1.807, 2.05) is 0 Å². The van der Waals surface area contributed by atoms with E-state index in [2.05, 4.69) is 5.32 Å². The van der Waals surface area contributed by atoms with Crippen LogP contribution in [0, 0.1) is 15.9 Å². The average Bonchev–Trinajstić information content (AvgIpc) is 2.93. The number of oxazole rings is 1. The first kappa shape index (κ1) is 18.6. The highest BCUT2D eigenvalue weighted by Crippen LogP contribution is 2.21. The number of anilines is 1. The Kier molecular flexibility index (Phi) is 5.22. The fourth-order valence-electron chi connectivity index (χ4n) is 2.58. The van der Waals surface area contributed by atoms with Crippen molar-refractivity contribution in [2.75, 3.05) is 5.32 Å². The monoisotopic (exact) mass is 393 g/mol. The van der Waals surface area contributed by atoms with Crippen molar-refractivity contribution in [3.63, 3.8) is 0 Å². The van der Waals surface area contributed by atoms with E-state index in [-0.39, 0.29) is 41.4 Å². The van der Waals surface area contributed by atoms with Gasteiger partial charge in [-0.25, -0.2) is 9.18 Å². The molecule has 27 heavy (non-hydrogen) atoms. The third kappa shape index (κ3) is 4.14. The fourth-order valence-corrected chi connectivity index (χ4v) is 2.76. The highest BCUT2D eigenvalue weighted by molar-refractivity contribution is 6.30. The van der Waals surface area contributed by atoms with E-state index < -0.39 is 22.4 Å². The summed E-state index contributed by atoms with van der Waals surface area (Å²) in [5.41, 5.74) is 0.281. The second-order valence-corrected chi connectivity index (χ2v) is 6.14. The van der Waals surface area contributed by atoms with Gasteiger partial charge in [0, 0.05) is 24.1 Å². The molecule has 0 aliphatic heterocycles. The van der Waals surface area contributed by atoms with Crippen molar-refractivity contribution in [1.29, 1.82) is 0 Å². The van der Waals surface area contributed by atoms with Gasteiger partial charge in [-0.05, 0) is 30.7 Å². The van der Waals surface area contributed by atoms with Crippen molar-refractivity contribution >= 4 is 40.0 Å². The Morgan fingerprint density at radius 3 is 2.81 bits per heavy atom. The minimum absolute atomic E-state index is 0.0225. The van der Waals surface area contributed by atoms with E-state index in [4.69, 9.17) is 16.0 Å². The molecule has 1 heterocycles. The number of non-ortho nitro benzene ring substituents is 1. The van der Waals surface area contributed by atoms with Crippen molar-refractivity contribution in [2.45, 2.75) is 19.4 Å². The number of nitrogens with one attached hydrogen (secondary N) is 1. The summed E-state index contributed by atoms with van der Waals surface area (Å²) < 4.78 is 19.9. The van der Waals surface area contributed by atoms with Crippen molar-refractivity contribution in [3.05, 3.63) is 67.9 Å². The predicted octanol–water partition coefficient (Wildman–Crippen LogP) is 3.71. The summed E-state index contributed by atoms with van der Waals surface area (Å²) in [5.74, 6) is -1.72. The first-order valence-corrected chi connectivity index (χ1v) is 8.25. The standard InChI is InChI=1S/C17H13ClFN3O5/c18-10-3-5-12(19)13(8-10)20-16(23)2-1-7-21-14-6-4-11(22(25)26)9-15(14)27-17(21)24/h3-6,8-9H,1-2,7H2,(H,20,23). The van der Waals surface area contributed by atoms with Gasteiger partial charge in [-0.15, -0.1) is 0 Å². The molecule has 0 unspecified atom stereocenters. The number of amides is 1. The molecule has 1 N–H and O–H groups in total. The van der Waals surface area contributed by atoms with Crippen LogP contribution in [0.25, 0.3) is 11.1 Å². The molecule has 10 heteroatoms. The molecule has 0 saturated heterocycles. The lowest BCUT2D eigenvalue weighted by molar-refractivity contribution is -0.384. The summed E-state index contributed by atoms with van der Waals surface area (Å²) >= 11 is 5.77. The summed E-state index contributed by atoms with van der Waals surface area (Å²) in [4.78, 5) is 34.1. The lowest BCUT2D eigenvalue weighted by atomic mass is 10.2. The van der Waals surface area contributed by atoms with E-state index in [1.54, 1.807) is 0 Å². The Bertz CT molecular complexity index is 1090. The van der Waals surface area contributed by atoms with Crippen LogP contribution in [0.2, 0.25) is 5.02 Å². The fraction of sp³-hybridized carbons (Fsp3) is 0.176. The van der Waals surface area contributed by atoms with Crippen molar-refractivity contribution in [1.82, 2.24) is 4.57 Å². The SMILES string of the molecule is O=C(CCCn1c(=O)oc2cc([N+](=O)[O-])ccc21)Nc1cc(Cl)ccc1F. The van der Waals surface area contributed by atoms with Crippen molar-refractivity contribution in [3.8, 4) is 0 Å². The van der Waals surface area contributed by atoms with Crippen molar-refractivity contribution < 1.29 is 18.5 Å². The third-order valence-corrected chi connectivity index (χ3v) is 4.09. The number of nitro benzene ring substituents is 1. The van der Waals surface area contributed by atoms with Gasteiger partial charge in [-0.1, -0.05) is 11.6 Å². The molecule has 0 saturated carbocycles. The molecule has 0 atom stereocenters. The van der Waals surface area contributed by atoms with Crippen LogP contribution in [0.1, 0.15) is 12.8 Å². The van der Waals surface area contributed by atoms with Crippen LogP contribution in [0.15, 0.2) is 45.6 Å². The number of hydrogen-bond donors (Lipinski definition) is 1. The first-order chi connectivity index (χ1) is 12.8. The largest absolute Gasteiger partial charge is 0.419 e. The lowest BCUT2D eigenvalue weighted by Crippen LogP contribution is -2.17. The number of halogens is 2. The van der Waals surface area contributed by atoms with E-state index in [0.29, 0.717) is 5.52 Å². The van der Waals surface area contributed by atoms with Gasteiger partial charge in [-0.3, -0.25) is 19.5 Å². The second-order valence-electron chi connectivity index (χ2n) is 5.70. The minimum Gasteiger partial charge on any atom is -0.407 e. The molecule has 1 aromatic heterocycles. The van der Waals surface area contributed by atoms with E-state index in [0.717, 1.165) is 6.07 Å². The number of aryl methyl sites for hydroxylation is 1. The molecule has 0 aliphatic carbocycles. The van der Waals surface area contributed by atoms with Gasteiger partial charge in [0.2, 0.25) is 5.91 Å². The molecule has 0 radical (unpaired) electrons. The minimum atomic E-state index is -0.674. The Balaban J connectivity index is 1.66. The molecule has 1 amide bonds. The maximum absolute atomic E-state index is 13.6. The zero-order valence-corrected chi connectivity index (χ0v) is 14.5. The first-order valence-electron chi connectivity index (χ1n) is 7.88. The predicted molar refractivity (Wildman–Crippen MR) is 96.4 cm³/mol. The van der Waals surface area contributed by atoms with Crippen LogP contribution in [0.3, 0.4) is 0 Å². The Morgan fingerprint density at radius 2 is 2.07 bits per heavy atom. The smallest absolute Gasteiger partial charge is 0.407 e. The normalized spacial score (nSPS) is 10.9. The zero-order valence-electron chi connectivity index (χ0n) is 13.8. The highest BCUT2D eigenvalue weighted by Gasteiger charge is 2.14. The molecule has 0 aliphatic rings. The highest BCUT2D eigenvalue weighted by atomic mass is 35.5. The molecule has 3 rings (SSSR count). The number of fused-ring (bicyclic) bond motifs is 1. The Labute approximate surface area is 156 Å². The molecular formula is C17H13ClFN3O5. The van der Waals surface area contributed by atoms with Gasteiger partial charge in [-0.2, -0.15) is 0 Å². The van der Waals surface area contributed by atoms with Crippen LogP contribution >= 0.6 is 11.6 Å². The number of carbonyl (C=O) groups is 1. The summed E-state index contributed by atoms with van der Waals surface area (Å²) in [6.07, 6.45) is 0.303. The molecule has 0 spiro atoms. The topological polar surface area (TPSA) is 107 Å². The van der Waals surface area contributed by atoms with Crippen LogP contribution in [0.5, 0.6) is 0 Å². The number of carbonyl (C=O) groups excluding carboxylic acids is 1. The number of nitrogens with zero attached hydrogens (tertiary/aromatic N) is 2. The van der Waals surface area contributed by atoms with E-state index in [1.165, 1.54) is 34.9 Å². The molecule has 0 fully saturated rings. The van der Waals surface area contributed by atoms with E-state index >= 15 is 0 Å². The van der Waals surface area contributed by atoms with Gasteiger partial charge in [0.25, 0.3) is 5.69 Å². The average molecular weight is 394 g/mol. The maximum Gasteiger partial charge on any atom is 0.419 e. The number of nitro groups is 1. The molecule has 0 bridgehead atoms. The molecule has 8 nitrogen and oxygen atoms in total. The van der Waals surface area contributed by atoms with Crippen LogP contribution in [0.4, 0.5) is 15.8 Å². The second kappa shape index (κ2) is 7.58. The quantitative estimate of drug-likeness (QED) is 0.507. The summed E-state index contributed by atoms with van der Waals surface area (Å²) in [6, 6.07) is 7.67. The number of benzene rings is 2. The number of rotatable bonds is 6. The summed E-state index contributed by atoms with van der Waals surface area (Å²) in [7, 11) is 0. The van der Waals surface area contributed by atoms with Gasteiger partial charge in [0.05, 0.1) is 22.2 Å². The van der Waals surface area contributed by atoms with Gasteiger partial charge >= 0.3 is 5.76 Å². The van der Waals surface area contributed by atoms with Crippen LogP contribution < -0.4 is 11.1 Å². The van der Waals surface area contributed by atoms with Crippen LogP contribution in [-0.2, 0) is 11.3 Å². The van der Waals surface area contributed by atoms with Gasteiger partial charge in [0.15, 0.2) is 5.58 Å². The Morgan fingerprint density at radius 1 is 1.30 bits per heavy atom. The Hall–Kier alpha value is -3.20. The number of hydrogen-bond acceptors (Lipinski definition) is 5. The van der Waals surface area contributed by atoms with Gasteiger partial charge in [0.1, 0.15) is 5.82 Å². The molecule has 3 aromatic rings. The lowest BCUT2D eigenvalue weighted by Gasteiger charge is -2.07. The molecule has 2 aromatic carbocycles. The van der Waals surface area contributed by atoms with Crippen LogP contribution in [-0.4, -0.2) is 15.4 Å². The summed E-state index contributed by atoms with van der Waals surface area (Å²) in [5, 5.41) is 13.5. The molecular weight excluding hydrogens is 381 g/mol. The summed E-state index contributed by atoms with van der Waals surface area (Å²) in [6.45, 7) is 0.162.